The number of benzene rings is 1. The van der Waals surface area contributed by atoms with Crippen LogP contribution in [0.2, 0.25) is 0 Å². The van der Waals surface area contributed by atoms with Gasteiger partial charge in [-0.3, -0.25) is 19.2 Å². The van der Waals surface area contributed by atoms with E-state index in [1.807, 2.05) is 38.1 Å². The SMILES string of the molecule is CC(C)C[C@H](NC(=O)[C@H](CC(N)=O)NC(=O)[C@H](Cc1c[nH]c2ccccc12)NC(=O)[C@@H]1CCCCN1)C(=O)O. The number of amides is 4. The minimum atomic E-state index is -1.42. The number of carbonyl (C=O) groups excluding carboxylic acids is 4. The summed E-state index contributed by atoms with van der Waals surface area (Å²) in [6.45, 7) is 4.31. The van der Waals surface area contributed by atoms with Gasteiger partial charge in [-0.2, -0.15) is 0 Å². The average molecular weight is 543 g/mol. The number of carbonyl (C=O) groups is 5. The van der Waals surface area contributed by atoms with Crippen LogP contribution in [-0.4, -0.2) is 70.4 Å². The summed E-state index contributed by atoms with van der Waals surface area (Å²) in [6, 6.07) is 3.38. The number of H-pyrrole nitrogens is 1. The molecular formula is C27H38N6O6. The Kier molecular flexibility index (Phi) is 10.4. The van der Waals surface area contributed by atoms with Crippen molar-refractivity contribution in [2.24, 2.45) is 11.7 Å². The number of hydrogen-bond donors (Lipinski definition) is 7. The van der Waals surface area contributed by atoms with E-state index in [1.165, 1.54) is 0 Å². The van der Waals surface area contributed by atoms with Crippen molar-refractivity contribution in [3.63, 3.8) is 0 Å². The van der Waals surface area contributed by atoms with E-state index in [0.29, 0.717) is 13.0 Å². The zero-order valence-corrected chi connectivity index (χ0v) is 22.3. The summed E-state index contributed by atoms with van der Waals surface area (Å²) in [5.74, 6) is -3.99. The fourth-order valence-electron chi connectivity index (χ4n) is 4.73. The van der Waals surface area contributed by atoms with E-state index < -0.39 is 54.3 Å². The predicted octanol–water partition coefficient (Wildman–Crippen LogP) is 0.313. The van der Waals surface area contributed by atoms with Crippen molar-refractivity contribution < 1.29 is 29.1 Å². The quantitative estimate of drug-likeness (QED) is 0.189. The Labute approximate surface area is 226 Å². The van der Waals surface area contributed by atoms with E-state index in [4.69, 9.17) is 5.73 Å². The second-order valence-electron chi connectivity index (χ2n) is 10.4. The van der Waals surface area contributed by atoms with Crippen molar-refractivity contribution in [2.45, 2.75) is 76.5 Å². The summed E-state index contributed by atoms with van der Waals surface area (Å²) in [7, 11) is 0. The van der Waals surface area contributed by atoms with Crippen LogP contribution in [0.3, 0.4) is 0 Å². The number of fused-ring (bicyclic) bond motifs is 1. The molecule has 1 aromatic carbocycles. The first-order chi connectivity index (χ1) is 18.5. The Balaban J connectivity index is 1.82. The van der Waals surface area contributed by atoms with Crippen molar-refractivity contribution in [1.82, 2.24) is 26.3 Å². The summed E-state index contributed by atoms with van der Waals surface area (Å²) >= 11 is 0. The van der Waals surface area contributed by atoms with E-state index in [2.05, 4.69) is 26.3 Å². The van der Waals surface area contributed by atoms with Gasteiger partial charge >= 0.3 is 5.97 Å². The van der Waals surface area contributed by atoms with Crippen LogP contribution in [0, 0.1) is 5.92 Å². The van der Waals surface area contributed by atoms with Crippen molar-refractivity contribution in [3.8, 4) is 0 Å². The molecule has 0 saturated carbocycles. The molecule has 8 N–H and O–H groups in total. The molecule has 0 unspecified atom stereocenters. The Hall–Kier alpha value is -3.93. The maximum Gasteiger partial charge on any atom is 0.326 e. The van der Waals surface area contributed by atoms with Gasteiger partial charge < -0.3 is 37.1 Å². The van der Waals surface area contributed by atoms with Gasteiger partial charge in [0.1, 0.15) is 18.1 Å². The highest BCUT2D eigenvalue weighted by Gasteiger charge is 2.32. The highest BCUT2D eigenvalue weighted by Crippen LogP contribution is 2.19. The lowest BCUT2D eigenvalue weighted by molar-refractivity contribution is -0.143. The Morgan fingerprint density at radius 3 is 2.33 bits per heavy atom. The number of aliphatic carboxylic acids is 1. The average Bonchev–Trinajstić information content (AvgIpc) is 3.30. The second-order valence-corrected chi connectivity index (χ2v) is 10.4. The number of hydrogen-bond acceptors (Lipinski definition) is 6. The molecule has 2 aromatic rings. The molecule has 1 aromatic heterocycles. The van der Waals surface area contributed by atoms with E-state index in [0.717, 1.165) is 29.3 Å². The molecule has 1 fully saturated rings. The van der Waals surface area contributed by atoms with E-state index in [9.17, 15) is 29.1 Å². The van der Waals surface area contributed by atoms with Crippen LogP contribution in [0.15, 0.2) is 30.5 Å². The standard InChI is InChI=1S/C27H38N6O6/c1-15(2)11-22(27(38)39)33-26(37)21(13-23(28)34)32-25(36)20(31-24(35)19-9-5-6-10-29-19)12-16-14-30-18-8-4-3-7-17(16)18/h3-4,7-8,14-15,19-22,29-30H,5-6,9-13H2,1-2H3,(H2,28,34)(H,31,35)(H,32,36)(H,33,37)(H,38,39)/t19-,20-,21-,22-/m0/s1. The van der Waals surface area contributed by atoms with Crippen LogP contribution < -0.4 is 27.0 Å². The predicted molar refractivity (Wildman–Crippen MR) is 144 cm³/mol. The smallest absolute Gasteiger partial charge is 0.326 e. The maximum absolute atomic E-state index is 13.5. The van der Waals surface area contributed by atoms with Crippen LogP contribution in [0.1, 0.15) is 51.5 Å². The number of nitrogens with one attached hydrogen (secondary N) is 5. The molecular weight excluding hydrogens is 504 g/mol. The van der Waals surface area contributed by atoms with E-state index in [-0.39, 0.29) is 24.7 Å². The minimum absolute atomic E-state index is 0.0280. The molecule has 12 nitrogen and oxygen atoms in total. The fraction of sp³-hybridized carbons (Fsp3) is 0.519. The van der Waals surface area contributed by atoms with E-state index in [1.54, 1.807) is 6.20 Å². The Morgan fingerprint density at radius 1 is 1.00 bits per heavy atom. The van der Waals surface area contributed by atoms with Crippen LogP contribution in [-0.2, 0) is 30.4 Å². The van der Waals surface area contributed by atoms with Crippen molar-refractivity contribution in [3.05, 3.63) is 36.0 Å². The van der Waals surface area contributed by atoms with Crippen molar-refractivity contribution >= 4 is 40.5 Å². The molecule has 39 heavy (non-hydrogen) atoms. The maximum atomic E-state index is 13.5. The van der Waals surface area contributed by atoms with Gasteiger partial charge in [-0.1, -0.05) is 38.5 Å². The highest BCUT2D eigenvalue weighted by molar-refractivity contribution is 5.96. The summed E-state index contributed by atoms with van der Waals surface area (Å²) < 4.78 is 0. The molecule has 12 heteroatoms. The van der Waals surface area contributed by atoms with Crippen LogP contribution in [0.25, 0.3) is 10.9 Å². The largest absolute Gasteiger partial charge is 0.480 e. The number of piperidine rings is 1. The van der Waals surface area contributed by atoms with Gasteiger partial charge in [0.25, 0.3) is 0 Å². The lowest BCUT2D eigenvalue weighted by Crippen LogP contribution is -2.58. The van der Waals surface area contributed by atoms with Crippen molar-refractivity contribution in [1.29, 1.82) is 0 Å². The number of primary amides is 1. The van der Waals surface area contributed by atoms with Crippen LogP contribution >= 0.6 is 0 Å². The molecule has 0 spiro atoms. The minimum Gasteiger partial charge on any atom is -0.480 e. The molecule has 4 amide bonds. The zero-order chi connectivity index (χ0) is 28.5. The van der Waals surface area contributed by atoms with Crippen LogP contribution in [0.4, 0.5) is 0 Å². The molecule has 0 aliphatic carbocycles. The number of para-hydroxylation sites is 1. The third-order valence-corrected chi connectivity index (χ3v) is 6.72. The molecule has 2 heterocycles. The fourth-order valence-corrected chi connectivity index (χ4v) is 4.73. The molecule has 3 rings (SSSR count). The van der Waals surface area contributed by atoms with Gasteiger partial charge in [0, 0.05) is 23.5 Å². The number of carboxylic acid groups (broad SMARTS) is 1. The molecule has 4 atom stereocenters. The normalized spacial score (nSPS) is 17.7. The van der Waals surface area contributed by atoms with Gasteiger partial charge in [-0.15, -0.1) is 0 Å². The summed E-state index contributed by atoms with van der Waals surface area (Å²) in [6.07, 6.45) is 3.96. The zero-order valence-electron chi connectivity index (χ0n) is 22.3. The summed E-state index contributed by atoms with van der Waals surface area (Å²) in [4.78, 5) is 66.1. The lowest BCUT2D eigenvalue weighted by atomic mass is 10.0. The third-order valence-electron chi connectivity index (χ3n) is 6.72. The molecule has 1 aliphatic rings. The molecule has 0 radical (unpaired) electrons. The van der Waals surface area contributed by atoms with Gasteiger partial charge in [-0.05, 0) is 43.4 Å². The highest BCUT2D eigenvalue weighted by atomic mass is 16.4. The monoisotopic (exact) mass is 542 g/mol. The summed E-state index contributed by atoms with van der Waals surface area (Å²) in [5.41, 5.74) is 6.98. The topological polar surface area (TPSA) is 196 Å². The van der Waals surface area contributed by atoms with Gasteiger partial charge in [0.05, 0.1) is 12.5 Å². The van der Waals surface area contributed by atoms with Gasteiger partial charge in [-0.25, -0.2) is 4.79 Å². The van der Waals surface area contributed by atoms with Gasteiger partial charge in [0.15, 0.2) is 0 Å². The third kappa shape index (κ3) is 8.54. The number of rotatable bonds is 13. The number of carboxylic acids is 1. The number of aromatic amines is 1. The lowest BCUT2D eigenvalue weighted by Gasteiger charge is -2.27. The second kappa shape index (κ2) is 13.7. The molecule has 212 valence electrons. The summed E-state index contributed by atoms with van der Waals surface area (Å²) in [5, 5.41) is 21.3. The molecule has 1 saturated heterocycles. The first-order valence-electron chi connectivity index (χ1n) is 13.3. The van der Waals surface area contributed by atoms with Crippen molar-refractivity contribution in [2.75, 3.05) is 6.54 Å². The van der Waals surface area contributed by atoms with E-state index >= 15 is 0 Å². The number of nitrogens with two attached hydrogens (primary N) is 1. The number of aromatic nitrogens is 1. The molecule has 0 bridgehead atoms. The Bertz CT molecular complexity index is 1190. The molecule has 1 aliphatic heterocycles. The van der Waals surface area contributed by atoms with Gasteiger partial charge in [0.2, 0.25) is 23.6 Å². The first-order valence-corrected chi connectivity index (χ1v) is 13.3. The van der Waals surface area contributed by atoms with Crippen LogP contribution in [0.5, 0.6) is 0 Å². The first kappa shape index (κ1) is 29.6. The Morgan fingerprint density at radius 2 is 1.69 bits per heavy atom.